The number of carboxylic acid groups (broad SMARTS) is 3. The summed E-state index contributed by atoms with van der Waals surface area (Å²) < 4.78 is 31.7. The van der Waals surface area contributed by atoms with Crippen LogP contribution in [0.2, 0.25) is 5.02 Å². The molecule has 2 aromatic rings. The van der Waals surface area contributed by atoms with Gasteiger partial charge in [0, 0.05) is 35.1 Å². The van der Waals surface area contributed by atoms with Crippen LogP contribution in [-0.4, -0.2) is 124 Å². The van der Waals surface area contributed by atoms with Gasteiger partial charge < -0.3 is 46.7 Å². The van der Waals surface area contributed by atoms with Crippen LogP contribution in [0.1, 0.15) is 29.9 Å². The van der Waals surface area contributed by atoms with Crippen molar-refractivity contribution in [2.45, 2.75) is 37.5 Å². The zero-order chi connectivity index (χ0) is 40.7. The molecule has 2 aliphatic heterocycles. The number of carbonyl (C=O) groups excluding carboxylic acids is 3. The van der Waals surface area contributed by atoms with E-state index in [2.05, 4.69) is 20.8 Å². The summed E-state index contributed by atoms with van der Waals surface area (Å²) in [5.74, 6) is -8.23. The topological polar surface area (TPSA) is 291 Å². The second kappa shape index (κ2) is 18.4. The lowest BCUT2D eigenvalue weighted by Crippen LogP contribution is -2.71. The first-order chi connectivity index (χ1) is 25.2. The van der Waals surface area contributed by atoms with E-state index in [0.717, 1.165) is 22.3 Å². The fourth-order valence-corrected chi connectivity index (χ4v) is 7.57. The molecule has 1 aromatic heterocycles. The van der Waals surface area contributed by atoms with Gasteiger partial charge in [-0.15, -0.1) is 23.1 Å². The first-order valence-corrected chi connectivity index (χ1v) is 18.4. The first kappa shape index (κ1) is 43.5. The number of phenols is 2. The maximum atomic E-state index is 13.3. The normalized spacial score (nSPS) is 17.4. The summed E-state index contributed by atoms with van der Waals surface area (Å²) in [6.07, 6.45) is -6.45. The molecule has 0 saturated carbocycles. The molecule has 0 aliphatic carbocycles. The minimum absolute atomic E-state index is 0.00347. The number of phenolic OH excluding ortho intramolecular Hbond substituents is 2. The fourth-order valence-electron chi connectivity index (χ4n) is 4.42. The highest BCUT2D eigenvalue weighted by molar-refractivity contribution is 8.01. The van der Waals surface area contributed by atoms with Gasteiger partial charge in [0.15, 0.2) is 22.3 Å². The van der Waals surface area contributed by atoms with E-state index < -0.39 is 82.5 Å². The van der Waals surface area contributed by atoms with Crippen LogP contribution in [-0.2, 0) is 28.8 Å². The predicted molar refractivity (Wildman–Crippen MR) is 188 cm³/mol. The van der Waals surface area contributed by atoms with Crippen molar-refractivity contribution in [2.24, 2.45) is 11.1 Å². The molecule has 1 aromatic carbocycles. The summed E-state index contributed by atoms with van der Waals surface area (Å²) in [5.41, 5.74) is 5.54. The Bertz CT molecular complexity index is 1880. The van der Waals surface area contributed by atoms with Gasteiger partial charge >= 0.3 is 24.1 Å². The molecule has 0 bridgehead atoms. The van der Waals surface area contributed by atoms with E-state index >= 15 is 0 Å². The third-order valence-electron chi connectivity index (χ3n) is 7.01. The lowest BCUT2D eigenvalue weighted by Gasteiger charge is -2.49. The van der Waals surface area contributed by atoms with E-state index in [4.69, 9.17) is 32.1 Å². The number of amides is 3. The second-order valence-corrected chi connectivity index (χ2v) is 14.6. The van der Waals surface area contributed by atoms with Gasteiger partial charge in [-0.1, -0.05) is 30.6 Å². The van der Waals surface area contributed by atoms with Crippen molar-refractivity contribution < 1.29 is 72.3 Å². The van der Waals surface area contributed by atoms with Gasteiger partial charge in [0.25, 0.3) is 17.7 Å². The molecule has 3 heterocycles. The number of fused-ring (bicyclic) bond motifs is 1. The summed E-state index contributed by atoms with van der Waals surface area (Å²) in [5, 5.41) is 55.1. The molecule has 9 N–H and O–H groups in total. The van der Waals surface area contributed by atoms with Crippen molar-refractivity contribution in [2.75, 3.05) is 29.5 Å². The molecule has 1 fully saturated rings. The monoisotopic (exact) mass is 842 g/mol. The Morgan fingerprint density at radius 2 is 1.83 bits per heavy atom. The highest BCUT2D eigenvalue weighted by atomic mass is 35.5. The smallest absolute Gasteiger partial charge is 0.490 e. The van der Waals surface area contributed by atoms with E-state index in [1.54, 1.807) is 13.8 Å². The highest BCUT2D eigenvalue weighted by Crippen LogP contribution is 2.41. The van der Waals surface area contributed by atoms with E-state index in [1.807, 2.05) is 0 Å². The molecule has 0 spiro atoms. The number of nitrogen functional groups attached to an aromatic ring is 1. The highest BCUT2D eigenvalue weighted by Gasteiger charge is 2.54. The molecule has 0 radical (unpaired) electrons. The third kappa shape index (κ3) is 10.6. The van der Waals surface area contributed by atoms with Crippen molar-refractivity contribution in [1.82, 2.24) is 20.5 Å². The Kier molecular flexibility index (Phi) is 14.8. The van der Waals surface area contributed by atoms with E-state index in [0.29, 0.717) is 11.3 Å². The lowest BCUT2D eigenvalue weighted by molar-refractivity contribution is -0.192. The summed E-state index contributed by atoms with van der Waals surface area (Å²) in [6.45, 7) is 3.36. The molecular weight excluding hydrogens is 813 g/mol. The summed E-state index contributed by atoms with van der Waals surface area (Å²) >= 11 is 9.49. The number of carbonyl (C=O) groups is 6. The van der Waals surface area contributed by atoms with Crippen LogP contribution < -0.4 is 16.4 Å². The second-order valence-electron chi connectivity index (χ2n) is 11.1. The molecule has 0 unspecified atom stereocenters. The number of halogens is 4. The molecule has 25 heteroatoms. The summed E-state index contributed by atoms with van der Waals surface area (Å²) in [6, 6.07) is 1.28. The minimum Gasteiger partial charge on any atom is -0.504 e. The quantitative estimate of drug-likeness (QED) is 0.0444. The van der Waals surface area contributed by atoms with Crippen molar-refractivity contribution >= 4 is 92.9 Å². The van der Waals surface area contributed by atoms with Gasteiger partial charge in [0.1, 0.15) is 22.8 Å². The molecule has 3 atom stereocenters. The number of nitrogens with one attached hydrogen (secondary N) is 2. The molecule has 18 nitrogen and oxygen atoms in total. The molecule has 54 heavy (non-hydrogen) atoms. The standard InChI is InChI=1S/C27H29ClN6O10S3.C2HF3O2/c1-10(2)20(26(42)43)44-33-16(13-9-47-27(29)31-13)22(38)32-17-23(39)34-18(25(40)41)11(8-46-24(17)34)7-45-6-5-30-21(37)12-3-4-14(35)19(36)15(12)28;3-2(4,5)1(6)7/h3-4,9-10,17,20,24,35-36H,5-8H2,1-2H3,(H2,29,31)(H,30,37)(H,32,38)(H,40,41)(H,42,43);(H,6,7)/b33-16-;/t17-,20+,24-;/m1./s1. The van der Waals surface area contributed by atoms with Gasteiger partial charge in [-0.05, 0) is 17.7 Å². The van der Waals surface area contributed by atoms with Crippen LogP contribution in [0.25, 0.3) is 0 Å². The predicted octanol–water partition coefficient (Wildman–Crippen LogP) is 2.15. The zero-order valence-corrected chi connectivity index (χ0v) is 30.8. The van der Waals surface area contributed by atoms with E-state index in [-0.39, 0.29) is 45.2 Å². The van der Waals surface area contributed by atoms with Crippen molar-refractivity contribution in [3.63, 3.8) is 0 Å². The number of aromatic nitrogens is 1. The van der Waals surface area contributed by atoms with E-state index in [9.17, 15) is 57.6 Å². The number of hydrogen-bond acceptors (Lipinski definition) is 15. The number of rotatable bonds is 14. The number of β-lactam (4-membered cyclic amide) rings is 1. The number of nitrogens with two attached hydrogens (primary N) is 1. The summed E-state index contributed by atoms with van der Waals surface area (Å²) in [7, 11) is 0. The lowest BCUT2D eigenvalue weighted by atomic mass is 10.0. The SMILES string of the molecule is CC(C)[C@H](O/N=C(\C(=O)N[C@@H]1C(=O)N2C(C(=O)O)=C(CSCCNC(=O)c3ccc(O)c(O)c3Cl)CS[C@H]12)c1csc(N)n1)C(=O)O.O=C(O)C(F)(F)F. The third-order valence-corrected chi connectivity index (χ3v) is 10.5. The molecule has 3 amide bonds. The summed E-state index contributed by atoms with van der Waals surface area (Å²) in [4.78, 5) is 81.8. The van der Waals surface area contributed by atoms with Gasteiger partial charge in [-0.3, -0.25) is 19.3 Å². The van der Waals surface area contributed by atoms with Gasteiger partial charge in [-0.2, -0.15) is 24.9 Å². The number of carboxylic acids is 3. The van der Waals surface area contributed by atoms with Crippen LogP contribution >= 0.6 is 46.5 Å². The number of aliphatic carboxylic acids is 3. The number of thioether (sulfide) groups is 2. The maximum Gasteiger partial charge on any atom is 0.490 e. The molecular formula is C29H30ClF3N6O12S3. The largest absolute Gasteiger partial charge is 0.504 e. The average molecular weight is 843 g/mol. The van der Waals surface area contributed by atoms with Crippen LogP contribution in [0.4, 0.5) is 18.3 Å². The number of thiazole rings is 1. The van der Waals surface area contributed by atoms with Crippen LogP contribution in [0.15, 0.2) is 33.9 Å². The van der Waals surface area contributed by atoms with Crippen LogP contribution in [0.5, 0.6) is 11.5 Å². The Morgan fingerprint density at radius 3 is 2.37 bits per heavy atom. The Balaban J connectivity index is 0.00000102. The first-order valence-electron chi connectivity index (χ1n) is 14.9. The number of oxime groups is 1. The van der Waals surface area contributed by atoms with Gasteiger partial charge in [-0.25, -0.2) is 19.4 Å². The molecule has 1 saturated heterocycles. The van der Waals surface area contributed by atoms with Gasteiger partial charge in [0.05, 0.1) is 10.6 Å². The number of benzene rings is 1. The Morgan fingerprint density at radius 1 is 1.19 bits per heavy atom. The van der Waals surface area contributed by atoms with Crippen molar-refractivity contribution in [3.05, 3.63) is 45.1 Å². The average Bonchev–Trinajstić information content (AvgIpc) is 3.52. The van der Waals surface area contributed by atoms with Gasteiger partial charge in [0.2, 0.25) is 6.10 Å². The number of hydrogen-bond donors (Lipinski definition) is 8. The molecule has 294 valence electrons. The fraction of sp³-hybridized carbons (Fsp3) is 0.379. The number of anilines is 1. The van der Waals surface area contributed by atoms with Crippen LogP contribution in [0.3, 0.4) is 0 Å². The van der Waals surface area contributed by atoms with Crippen LogP contribution in [0, 0.1) is 5.92 Å². The number of nitrogens with zero attached hydrogens (tertiary/aromatic N) is 3. The zero-order valence-electron chi connectivity index (χ0n) is 27.6. The Hall–Kier alpha value is -4.94. The van der Waals surface area contributed by atoms with E-state index in [1.165, 1.54) is 35.0 Å². The number of aromatic hydroxyl groups is 2. The Labute approximate surface area is 319 Å². The van der Waals surface area contributed by atoms with Crippen molar-refractivity contribution in [3.8, 4) is 11.5 Å². The molecule has 4 rings (SSSR count). The minimum atomic E-state index is -5.08. The van der Waals surface area contributed by atoms with Crippen molar-refractivity contribution in [1.29, 1.82) is 0 Å². The molecule has 2 aliphatic rings. The number of alkyl halides is 3. The maximum absolute atomic E-state index is 13.3.